The van der Waals surface area contributed by atoms with Crippen LogP contribution >= 0.6 is 12.2 Å². The molecule has 0 spiro atoms. The van der Waals surface area contributed by atoms with Crippen LogP contribution in [-0.4, -0.2) is 5.37 Å². The Balaban J connectivity index is 3.37. The first kappa shape index (κ1) is 10.1. The maximum absolute atomic E-state index is 12.8. The molecule has 0 N–H and O–H groups in total. The van der Waals surface area contributed by atoms with Crippen LogP contribution in [0.4, 0.5) is 17.6 Å². The molecule has 13 heavy (non-hydrogen) atoms. The van der Waals surface area contributed by atoms with E-state index in [1.54, 1.807) is 0 Å². The van der Waals surface area contributed by atoms with Crippen molar-refractivity contribution in [2.75, 3.05) is 0 Å². The molecule has 1 aromatic rings. The monoisotopic (exact) mass is 208 g/mol. The van der Waals surface area contributed by atoms with Gasteiger partial charge in [-0.05, 0) is 12.1 Å². The summed E-state index contributed by atoms with van der Waals surface area (Å²) in [6.07, 6.45) is -4.56. The van der Waals surface area contributed by atoms with Crippen molar-refractivity contribution >= 4 is 17.6 Å². The van der Waals surface area contributed by atoms with E-state index in [-0.39, 0.29) is 0 Å². The third-order valence-electron chi connectivity index (χ3n) is 1.48. The Morgan fingerprint density at radius 3 is 2.23 bits per heavy atom. The Morgan fingerprint density at radius 2 is 1.85 bits per heavy atom. The van der Waals surface area contributed by atoms with Crippen molar-refractivity contribution in [3.05, 3.63) is 35.1 Å². The molecule has 0 atom stereocenters. The smallest absolute Gasteiger partial charge is 0.206 e. The second-order valence-electron chi connectivity index (χ2n) is 2.32. The maximum Gasteiger partial charge on any atom is 0.417 e. The van der Waals surface area contributed by atoms with E-state index >= 15 is 0 Å². The van der Waals surface area contributed by atoms with Crippen molar-refractivity contribution in [2.45, 2.75) is 6.18 Å². The van der Waals surface area contributed by atoms with Gasteiger partial charge in [0, 0.05) is 10.9 Å². The van der Waals surface area contributed by atoms with E-state index in [0.29, 0.717) is 5.37 Å². The van der Waals surface area contributed by atoms with Crippen LogP contribution in [0.2, 0.25) is 0 Å². The first-order chi connectivity index (χ1) is 5.96. The zero-order valence-electron chi connectivity index (χ0n) is 6.23. The van der Waals surface area contributed by atoms with Crippen LogP contribution in [0.3, 0.4) is 0 Å². The second kappa shape index (κ2) is 3.41. The van der Waals surface area contributed by atoms with Gasteiger partial charge in [-0.25, -0.2) is 4.39 Å². The van der Waals surface area contributed by atoms with Crippen LogP contribution in [-0.2, 0) is 6.18 Å². The Bertz CT molecular complexity index is 329. The molecule has 0 saturated heterocycles. The minimum atomic E-state index is -4.56. The lowest BCUT2D eigenvalue weighted by molar-refractivity contribution is -0.137. The van der Waals surface area contributed by atoms with Crippen LogP contribution in [0.5, 0.6) is 0 Å². The highest BCUT2D eigenvalue weighted by atomic mass is 32.1. The van der Waals surface area contributed by atoms with Gasteiger partial charge < -0.3 is 0 Å². The van der Waals surface area contributed by atoms with Crippen molar-refractivity contribution < 1.29 is 17.6 Å². The van der Waals surface area contributed by atoms with Crippen molar-refractivity contribution in [1.29, 1.82) is 0 Å². The lowest BCUT2D eigenvalue weighted by atomic mass is 10.1. The first-order valence-electron chi connectivity index (χ1n) is 3.27. The predicted octanol–water partition coefficient (Wildman–Crippen LogP) is 3.19. The molecule has 0 aliphatic rings. The van der Waals surface area contributed by atoms with Gasteiger partial charge in [0.15, 0.2) is 0 Å². The molecule has 5 heteroatoms. The van der Waals surface area contributed by atoms with E-state index in [2.05, 4.69) is 12.2 Å². The van der Waals surface area contributed by atoms with Crippen molar-refractivity contribution in [3.8, 4) is 0 Å². The molecule has 0 nitrogen and oxygen atoms in total. The lowest BCUT2D eigenvalue weighted by Gasteiger charge is -2.09. The topological polar surface area (TPSA) is 0 Å². The maximum atomic E-state index is 12.8. The highest BCUT2D eigenvalue weighted by Gasteiger charge is 2.33. The summed E-state index contributed by atoms with van der Waals surface area (Å²) in [5, 5.41) is 0.693. The van der Waals surface area contributed by atoms with Gasteiger partial charge in [0.2, 0.25) is 0 Å². The van der Waals surface area contributed by atoms with Gasteiger partial charge in [0.1, 0.15) is 5.82 Å². The molecule has 0 radical (unpaired) electrons. The Labute approximate surface area is 77.2 Å². The summed E-state index contributed by atoms with van der Waals surface area (Å²) in [5.74, 6) is -0.954. The molecular formula is C8H4F4S. The van der Waals surface area contributed by atoms with Gasteiger partial charge in [-0.15, -0.1) is 0 Å². The SMILES string of the molecule is Fc1cccc(C(F)(F)F)c1C=S. The molecular weight excluding hydrogens is 204 g/mol. The number of benzene rings is 1. The van der Waals surface area contributed by atoms with Crippen LogP contribution in [0.25, 0.3) is 0 Å². The number of rotatable bonds is 1. The minimum Gasteiger partial charge on any atom is -0.206 e. The van der Waals surface area contributed by atoms with E-state index in [0.717, 1.165) is 18.2 Å². The minimum absolute atomic E-state index is 0.579. The molecule has 0 unspecified atom stereocenters. The molecule has 0 amide bonds. The average Bonchev–Trinajstić information content (AvgIpc) is 2.02. The quantitative estimate of drug-likeness (QED) is 0.504. The Kier molecular flexibility index (Phi) is 2.66. The zero-order valence-corrected chi connectivity index (χ0v) is 7.05. The normalized spacial score (nSPS) is 11.4. The van der Waals surface area contributed by atoms with Crippen LogP contribution in [0, 0.1) is 5.82 Å². The standard InChI is InChI=1S/C8H4F4S/c9-7-3-1-2-6(5(7)4-13)8(10,11)12/h1-4H. The second-order valence-corrected chi connectivity index (χ2v) is 2.55. The largest absolute Gasteiger partial charge is 0.417 e. The van der Waals surface area contributed by atoms with Gasteiger partial charge >= 0.3 is 6.18 Å². The van der Waals surface area contributed by atoms with E-state index in [1.165, 1.54) is 0 Å². The van der Waals surface area contributed by atoms with Crippen molar-refractivity contribution in [1.82, 2.24) is 0 Å². The molecule has 1 rings (SSSR count). The number of hydrogen-bond acceptors (Lipinski definition) is 1. The molecule has 0 aliphatic heterocycles. The summed E-state index contributed by atoms with van der Waals surface area (Å²) in [6, 6.07) is 2.73. The third-order valence-corrected chi connectivity index (χ3v) is 1.71. The van der Waals surface area contributed by atoms with E-state index in [4.69, 9.17) is 0 Å². The van der Waals surface area contributed by atoms with E-state index in [9.17, 15) is 17.6 Å². The van der Waals surface area contributed by atoms with E-state index in [1.807, 2.05) is 0 Å². The highest BCUT2D eigenvalue weighted by molar-refractivity contribution is 7.79. The fourth-order valence-electron chi connectivity index (χ4n) is 0.904. The molecule has 0 heterocycles. The zero-order chi connectivity index (χ0) is 10.1. The molecule has 70 valence electrons. The summed E-state index contributed by atoms with van der Waals surface area (Å²) in [5.41, 5.74) is -1.62. The number of halogens is 4. The van der Waals surface area contributed by atoms with Crippen molar-refractivity contribution in [3.63, 3.8) is 0 Å². The summed E-state index contributed by atoms with van der Waals surface area (Å²) in [7, 11) is 0. The average molecular weight is 208 g/mol. The highest BCUT2D eigenvalue weighted by Crippen LogP contribution is 2.32. The van der Waals surface area contributed by atoms with Gasteiger partial charge in [-0.1, -0.05) is 18.3 Å². The Hall–Kier alpha value is -0.970. The summed E-state index contributed by atoms with van der Waals surface area (Å²) < 4.78 is 49.3. The summed E-state index contributed by atoms with van der Waals surface area (Å²) in [4.78, 5) is 0. The van der Waals surface area contributed by atoms with Crippen LogP contribution in [0.1, 0.15) is 11.1 Å². The fourth-order valence-corrected chi connectivity index (χ4v) is 1.14. The lowest BCUT2D eigenvalue weighted by Crippen LogP contribution is -2.09. The van der Waals surface area contributed by atoms with Crippen LogP contribution in [0.15, 0.2) is 18.2 Å². The van der Waals surface area contributed by atoms with E-state index < -0.39 is 23.1 Å². The summed E-state index contributed by atoms with van der Waals surface area (Å²) >= 11 is 4.30. The third kappa shape index (κ3) is 2.03. The molecule has 0 bridgehead atoms. The molecule has 0 aliphatic carbocycles. The number of thiocarbonyl (C=S) groups is 1. The van der Waals surface area contributed by atoms with Gasteiger partial charge in [0.25, 0.3) is 0 Å². The van der Waals surface area contributed by atoms with Crippen molar-refractivity contribution in [2.24, 2.45) is 0 Å². The van der Waals surface area contributed by atoms with Gasteiger partial charge in [0.05, 0.1) is 5.56 Å². The molecule has 0 aromatic heterocycles. The van der Waals surface area contributed by atoms with Crippen LogP contribution < -0.4 is 0 Å². The molecule has 0 fully saturated rings. The number of hydrogen-bond donors (Lipinski definition) is 0. The fraction of sp³-hybridized carbons (Fsp3) is 0.125. The molecule has 1 aromatic carbocycles. The predicted molar refractivity (Wildman–Crippen MR) is 44.2 cm³/mol. The first-order valence-corrected chi connectivity index (χ1v) is 3.75. The Morgan fingerprint density at radius 1 is 1.23 bits per heavy atom. The molecule has 0 saturated carbocycles. The van der Waals surface area contributed by atoms with Gasteiger partial charge in [-0.3, -0.25) is 0 Å². The summed E-state index contributed by atoms with van der Waals surface area (Å²) in [6.45, 7) is 0. The number of alkyl halides is 3. The van der Waals surface area contributed by atoms with Gasteiger partial charge in [-0.2, -0.15) is 13.2 Å².